The van der Waals surface area contributed by atoms with E-state index in [1.165, 1.54) is 6.07 Å². The molecule has 0 aromatic heterocycles. The van der Waals surface area contributed by atoms with Gasteiger partial charge in [-0.2, -0.15) is 0 Å². The molecular formula is C16H27FN2O. The van der Waals surface area contributed by atoms with Crippen molar-refractivity contribution in [1.29, 1.82) is 0 Å². The van der Waals surface area contributed by atoms with Gasteiger partial charge in [0.1, 0.15) is 0 Å². The quantitative estimate of drug-likeness (QED) is 0.766. The lowest BCUT2D eigenvalue weighted by Crippen LogP contribution is -2.29. The van der Waals surface area contributed by atoms with Crippen LogP contribution in [0.3, 0.4) is 0 Å². The van der Waals surface area contributed by atoms with Gasteiger partial charge in [0, 0.05) is 25.2 Å². The zero-order valence-corrected chi connectivity index (χ0v) is 13.2. The molecule has 1 unspecified atom stereocenters. The molecule has 0 fully saturated rings. The predicted molar refractivity (Wildman–Crippen MR) is 83.9 cm³/mol. The van der Waals surface area contributed by atoms with Gasteiger partial charge < -0.3 is 15.4 Å². The fraction of sp³-hybridized carbons (Fsp3) is 0.625. The number of rotatable bonds is 7. The van der Waals surface area contributed by atoms with Crippen LogP contribution in [0.4, 0.5) is 15.8 Å². The summed E-state index contributed by atoms with van der Waals surface area (Å²) in [5.41, 5.74) is 7.29. The van der Waals surface area contributed by atoms with Crippen LogP contribution in [0, 0.1) is 11.7 Å². The lowest BCUT2D eigenvalue weighted by atomic mass is 10.1. The second-order valence-electron chi connectivity index (χ2n) is 5.56. The number of hydrogen-bond acceptors (Lipinski definition) is 3. The van der Waals surface area contributed by atoms with E-state index < -0.39 is 5.82 Å². The van der Waals surface area contributed by atoms with E-state index in [9.17, 15) is 4.39 Å². The highest BCUT2D eigenvalue weighted by Crippen LogP contribution is 2.32. The summed E-state index contributed by atoms with van der Waals surface area (Å²) in [6.45, 7) is 11.9. The van der Waals surface area contributed by atoms with Gasteiger partial charge in [0.25, 0.3) is 0 Å². The Morgan fingerprint density at radius 1 is 1.25 bits per heavy atom. The first-order chi connectivity index (χ1) is 9.38. The standard InChI is InChI=1S/C16H27FN2O/c1-6-12(5)10-19(7-2)15-9-16(20-11(3)4)13(17)8-14(15)18/h8-9,11-12H,6-7,10,18H2,1-5H3. The Morgan fingerprint density at radius 2 is 1.90 bits per heavy atom. The van der Waals surface area contributed by atoms with Crippen molar-refractivity contribution in [2.75, 3.05) is 23.7 Å². The molecule has 3 nitrogen and oxygen atoms in total. The van der Waals surface area contributed by atoms with Gasteiger partial charge in [-0.25, -0.2) is 4.39 Å². The van der Waals surface area contributed by atoms with E-state index in [0.717, 1.165) is 25.2 Å². The number of anilines is 2. The highest BCUT2D eigenvalue weighted by Gasteiger charge is 2.16. The third-order valence-corrected chi connectivity index (χ3v) is 3.40. The summed E-state index contributed by atoms with van der Waals surface area (Å²) >= 11 is 0. The molecule has 0 saturated heterocycles. The van der Waals surface area contributed by atoms with E-state index in [4.69, 9.17) is 10.5 Å². The van der Waals surface area contributed by atoms with E-state index in [0.29, 0.717) is 11.6 Å². The van der Waals surface area contributed by atoms with Gasteiger partial charge in [-0.1, -0.05) is 20.3 Å². The second kappa shape index (κ2) is 7.36. The highest BCUT2D eigenvalue weighted by atomic mass is 19.1. The van der Waals surface area contributed by atoms with E-state index >= 15 is 0 Å². The van der Waals surface area contributed by atoms with Crippen LogP contribution < -0.4 is 15.4 Å². The fourth-order valence-corrected chi connectivity index (χ4v) is 2.08. The van der Waals surface area contributed by atoms with Crippen molar-refractivity contribution in [3.8, 4) is 5.75 Å². The summed E-state index contributed by atoms with van der Waals surface area (Å²) in [6.07, 6.45) is 1.04. The molecule has 0 radical (unpaired) electrons. The maximum atomic E-state index is 13.9. The zero-order valence-electron chi connectivity index (χ0n) is 13.2. The average Bonchev–Trinajstić information content (AvgIpc) is 2.38. The molecule has 114 valence electrons. The first-order valence-corrected chi connectivity index (χ1v) is 7.39. The molecule has 0 spiro atoms. The van der Waals surface area contributed by atoms with Crippen LogP contribution in [0.5, 0.6) is 5.75 Å². The Kier molecular flexibility index (Phi) is 6.11. The normalized spacial score (nSPS) is 12.6. The number of benzene rings is 1. The lowest BCUT2D eigenvalue weighted by molar-refractivity contribution is 0.231. The molecule has 1 aromatic carbocycles. The summed E-state index contributed by atoms with van der Waals surface area (Å²) in [5.74, 6) is 0.431. The summed E-state index contributed by atoms with van der Waals surface area (Å²) in [5, 5.41) is 0. The highest BCUT2D eigenvalue weighted by molar-refractivity contribution is 5.70. The van der Waals surface area contributed by atoms with Gasteiger partial charge in [0.2, 0.25) is 0 Å². The molecule has 1 aromatic rings. The summed E-state index contributed by atoms with van der Waals surface area (Å²) in [6, 6.07) is 3.07. The number of hydrogen-bond donors (Lipinski definition) is 1. The molecule has 0 aliphatic heterocycles. The Labute approximate surface area is 121 Å². The van der Waals surface area contributed by atoms with Crippen LogP contribution in [0.1, 0.15) is 41.0 Å². The summed E-state index contributed by atoms with van der Waals surface area (Å²) < 4.78 is 19.4. The molecule has 20 heavy (non-hydrogen) atoms. The summed E-state index contributed by atoms with van der Waals surface area (Å²) in [4.78, 5) is 2.18. The number of ether oxygens (including phenoxy) is 1. The maximum Gasteiger partial charge on any atom is 0.167 e. The minimum absolute atomic E-state index is 0.0642. The molecule has 0 saturated carbocycles. The Bertz CT molecular complexity index is 435. The van der Waals surface area contributed by atoms with Gasteiger partial charge in [0.05, 0.1) is 17.5 Å². The van der Waals surface area contributed by atoms with Gasteiger partial charge in [-0.05, 0) is 26.7 Å². The molecule has 0 bridgehead atoms. The molecule has 1 rings (SSSR count). The summed E-state index contributed by atoms with van der Waals surface area (Å²) in [7, 11) is 0. The molecule has 4 heteroatoms. The van der Waals surface area contributed by atoms with Crippen LogP contribution in [-0.4, -0.2) is 19.2 Å². The second-order valence-corrected chi connectivity index (χ2v) is 5.56. The molecule has 0 heterocycles. The van der Waals surface area contributed by atoms with E-state index in [1.54, 1.807) is 6.07 Å². The van der Waals surface area contributed by atoms with Crippen molar-refractivity contribution in [3.63, 3.8) is 0 Å². The van der Waals surface area contributed by atoms with Crippen LogP contribution in [0.25, 0.3) is 0 Å². The monoisotopic (exact) mass is 282 g/mol. The van der Waals surface area contributed by atoms with Crippen molar-refractivity contribution in [2.24, 2.45) is 5.92 Å². The maximum absolute atomic E-state index is 13.9. The molecular weight excluding hydrogens is 255 g/mol. The number of nitrogens with zero attached hydrogens (tertiary/aromatic N) is 1. The van der Waals surface area contributed by atoms with E-state index in [-0.39, 0.29) is 11.9 Å². The van der Waals surface area contributed by atoms with Crippen LogP contribution in [-0.2, 0) is 0 Å². The van der Waals surface area contributed by atoms with Crippen molar-refractivity contribution in [1.82, 2.24) is 0 Å². The number of nitrogen functional groups attached to an aromatic ring is 1. The molecule has 0 aliphatic carbocycles. The third-order valence-electron chi connectivity index (χ3n) is 3.40. The van der Waals surface area contributed by atoms with E-state index in [2.05, 4.69) is 25.7 Å². The van der Waals surface area contributed by atoms with Gasteiger partial charge >= 0.3 is 0 Å². The van der Waals surface area contributed by atoms with Crippen molar-refractivity contribution in [3.05, 3.63) is 17.9 Å². The predicted octanol–water partition coefficient (Wildman–Crippen LogP) is 4.07. The molecule has 1 atom stereocenters. The van der Waals surface area contributed by atoms with Crippen LogP contribution in [0.2, 0.25) is 0 Å². The van der Waals surface area contributed by atoms with Gasteiger partial charge in [-0.3, -0.25) is 0 Å². The van der Waals surface area contributed by atoms with Crippen molar-refractivity contribution >= 4 is 11.4 Å². The van der Waals surface area contributed by atoms with Crippen molar-refractivity contribution < 1.29 is 9.13 Å². The number of halogens is 1. The third kappa shape index (κ3) is 4.29. The first-order valence-electron chi connectivity index (χ1n) is 7.39. The topological polar surface area (TPSA) is 38.5 Å². The van der Waals surface area contributed by atoms with Gasteiger partial charge in [-0.15, -0.1) is 0 Å². The SMILES string of the molecule is CCC(C)CN(CC)c1cc(OC(C)C)c(F)cc1N. The Balaban J connectivity index is 3.07. The minimum Gasteiger partial charge on any atom is -0.488 e. The smallest absolute Gasteiger partial charge is 0.167 e. The Hall–Kier alpha value is -1.45. The molecule has 0 aliphatic rings. The minimum atomic E-state index is -0.403. The van der Waals surface area contributed by atoms with Crippen LogP contribution in [0.15, 0.2) is 12.1 Å². The van der Waals surface area contributed by atoms with Crippen LogP contribution >= 0.6 is 0 Å². The van der Waals surface area contributed by atoms with Crippen molar-refractivity contribution in [2.45, 2.75) is 47.1 Å². The molecule has 0 amide bonds. The zero-order chi connectivity index (χ0) is 15.3. The largest absolute Gasteiger partial charge is 0.488 e. The van der Waals surface area contributed by atoms with Gasteiger partial charge in [0.15, 0.2) is 11.6 Å². The Morgan fingerprint density at radius 3 is 2.40 bits per heavy atom. The fourth-order valence-electron chi connectivity index (χ4n) is 2.08. The lowest BCUT2D eigenvalue weighted by Gasteiger charge is -2.28. The number of nitrogens with two attached hydrogens (primary N) is 1. The van der Waals surface area contributed by atoms with E-state index in [1.807, 2.05) is 13.8 Å². The molecule has 2 N–H and O–H groups in total. The first kappa shape index (κ1) is 16.6. The average molecular weight is 282 g/mol.